The van der Waals surface area contributed by atoms with Crippen molar-refractivity contribution in [3.05, 3.63) is 41.5 Å². The third kappa shape index (κ3) is 5.96. The van der Waals surface area contributed by atoms with Gasteiger partial charge < -0.3 is 23.9 Å². The second kappa shape index (κ2) is 11.5. The van der Waals surface area contributed by atoms with E-state index in [0.29, 0.717) is 24.3 Å². The fraction of sp³-hybridized carbons (Fsp3) is 0.576. The second-order valence-electron chi connectivity index (χ2n) is 14.2. The van der Waals surface area contributed by atoms with Crippen LogP contribution in [0, 0.1) is 26.7 Å². The van der Waals surface area contributed by atoms with Crippen LogP contribution in [0.4, 0.5) is 17.6 Å². The summed E-state index contributed by atoms with van der Waals surface area (Å²) in [5.41, 5.74) is 5.15. The third-order valence-corrected chi connectivity index (χ3v) is 14.4. The molecule has 3 aromatic heterocycles. The van der Waals surface area contributed by atoms with E-state index in [4.69, 9.17) is 24.2 Å². The van der Waals surface area contributed by atoms with E-state index in [9.17, 15) is 0 Å². The fourth-order valence-electron chi connectivity index (χ4n) is 5.78. The van der Waals surface area contributed by atoms with Crippen LogP contribution in [0.25, 0.3) is 16.7 Å². The van der Waals surface area contributed by atoms with E-state index < -0.39 is 8.32 Å². The van der Waals surface area contributed by atoms with Crippen LogP contribution in [0.1, 0.15) is 63.3 Å². The van der Waals surface area contributed by atoms with Crippen LogP contribution in [0.2, 0.25) is 18.1 Å². The predicted octanol–water partition coefficient (Wildman–Crippen LogP) is 7.09. The summed E-state index contributed by atoms with van der Waals surface area (Å²) in [5.74, 6) is 3.69. The highest BCUT2D eigenvalue weighted by Crippen LogP contribution is 2.39. The lowest BCUT2D eigenvalue weighted by Crippen LogP contribution is -2.45. The molecule has 4 heterocycles. The van der Waals surface area contributed by atoms with Crippen molar-refractivity contribution < 1.29 is 9.16 Å². The Morgan fingerprint density at radius 1 is 1.07 bits per heavy atom. The van der Waals surface area contributed by atoms with Crippen molar-refractivity contribution in [2.24, 2.45) is 5.92 Å². The fourth-order valence-corrected chi connectivity index (χ4v) is 6.83. The molecule has 0 amide bonds. The van der Waals surface area contributed by atoms with Gasteiger partial charge in [-0.15, -0.1) is 0 Å². The van der Waals surface area contributed by atoms with Crippen LogP contribution in [-0.4, -0.2) is 63.9 Å². The molecule has 2 aliphatic rings. The van der Waals surface area contributed by atoms with Crippen LogP contribution < -0.4 is 15.0 Å². The summed E-state index contributed by atoms with van der Waals surface area (Å²) in [7, 11) is -0.176. The number of imidazole rings is 1. The maximum Gasteiger partial charge on any atom is 0.232 e. The van der Waals surface area contributed by atoms with E-state index in [0.717, 1.165) is 71.0 Å². The first-order chi connectivity index (χ1) is 20.8. The number of hydrogen-bond acceptors (Lipinski definition) is 8. The number of aromatic nitrogens is 6. The Kier molecular flexibility index (Phi) is 7.98. The lowest BCUT2D eigenvalue weighted by Gasteiger charge is -2.38. The molecule has 1 saturated carbocycles. The maximum atomic E-state index is 6.74. The average molecular weight is 617 g/mol. The molecule has 11 heteroatoms. The van der Waals surface area contributed by atoms with Crippen molar-refractivity contribution in [1.82, 2.24) is 29.3 Å². The number of anilines is 3. The Labute approximate surface area is 262 Å². The first-order valence-electron chi connectivity index (χ1n) is 16.0. The van der Waals surface area contributed by atoms with E-state index >= 15 is 0 Å². The molecule has 10 nitrogen and oxygen atoms in total. The monoisotopic (exact) mass is 616 g/mol. The van der Waals surface area contributed by atoms with E-state index in [2.05, 4.69) is 80.6 Å². The Morgan fingerprint density at radius 3 is 2.55 bits per heavy atom. The van der Waals surface area contributed by atoms with Crippen LogP contribution >= 0.6 is 0 Å². The molecular formula is C33H48N8O2Si. The minimum Gasteiger partial charge on any atom is -0.496 e. The molecule has 1 aromatic carbocycles. The van der Waals surface area contributed by atoms with E-state index in [1.807, 2.05) is 23.2 Å². The molecule has 0 radical (unpaired) electrons. The molecule has 6 rings (SSSR count). The standard InChI is InChI=1S/C33H48N8O2Si/c1-21-15-26(16-27(42-7)22(21)2)39-18-28(34-20-39)35-32-36-30(29-23(3)38-41(31(29)37-32)17-24-12-13-24)40-14-10-11-25(40)19-43-44(8,9)33(4,5)6/h15-16,18,20,24-25H,10-14,17,19H2,1-9H3,(H,35,36,37)/t25-/m0/s1. The number of ether oxygens (including phenoxy) is 1. The van der Waals surface area contributed by atoms with Gasteiger partial charge in [0.05, 0.1) is 42.7 Å². The normalized spacial score (nSPS) is 17.6. The summed E-state index contributed by atoms with van der Waals surface area (Å²) in [6.45, 7) is 20.3. The molecule has 0 unspecified atom stereocenters. The van der Waals surface area contributed by atoms with Gasteiger partial charge in [0.2, 0.25) is 5.95 Å². The maximum absolute atomic E-state index is 6.74. The van der Waals surface area contributed by atoms with Crippen LogP contribution in [0.15, 0.2) is 24.7 Å². The molecule has 1 saturated heterocycles. The van der Waals surface area contributed by atoms with Gasteiger partial charge in [-0.05, 0) is 87.7 Å². The number of rotatable bonds is 10. The van der Waals surface area contributed by atoms with Crippen molar-refractivity contribution in [2.45, 2.75) is 97.9 Å². The third-order valence-electron chi connectivity index (χ3n) is 9.91. The zero-order valence-electron chi connectivity index (χ0n) is 27.9. The summed E-state index contributed by atoms with van der Waals surface area (Å²) in [6, 6.07) is 4.44. The van der Waals surface area contributed by atoms with E-state index in [1.54, 1.807) is 7.11 Å². The second-order valence-corrected chi connectivity index (χ2v) is 19.0. The molecular weight excluding hydrogens is 569 g/mol. The molecule has 2 fully saturated rings. The molecule has 1 atom stereocenters. The first-order valence-corrected chi connectivity index (χ1v) is 18.9. The number of nitrogens with one attached hydrogen (secondary N) is 1. The highest BCUT2D eigenvalue weighted by atomic mass is 28.4. The zero-order chi connectivity index (χ0) is 31.4. The number of methoxy groups -OCH3 is 1. The summed E-state index contributed by atoms with van der Waals surface area (Å²) >= 11 is 0. The SMILES string of the molecule is COc1cc(-n2cnc(Nc3nc(N4CCC[C@H]4CO[Si](C)(C)C(C)(C)C)c4c(C)nn(CC5CC5)c4n3)c2)cc(C)c1C. The Hall–Kier alpha value is -3.44. The number of benzene rings is 1. The molecule has 1 N–H and O–H groups in total. The molecule has 0 bridgehead atoms. The van der Waals surface area contributed by atoms with E-state index in [-0.39, 0.29) is 11.1 Å². The van der Waals surface area contributed by atoms with Gasteiger partial charge in [0.15, 0.2) is 19.8 Å². The van der Waals surface area contributed by atoms with Crippen molar-refractivity contribution in [1.29, 1.82) is 0 Å². The average Bonchev–Trinajstić information content (AvgIpc) is 3.32. The van der Waals surface area contributed by atoms with Gasteiger partial charge >= 0.3 is 0 Å². The highest BCUT2D eigenvalue weighted by molar-refractivity contribution is 6.74. The number of nitrogens with zero attached hydrogens (tertiary/aromatic N) is 7. The first kappa shape index (κ1) is 30.6. The van der Waals surface area contributed by atoms with Crippen molar-refractivity contribution in [3.8, 4) is 11.4 Å². The van der Waals surface area contributed by atoms with Crippen LogP contribution in [0.5, 0.6) is 5.75 Å². The van der Waals surface area contributed by atoms with Gasteiger partial charge in [0.1, 0.15) is 17.9 Å². The van der Waals surface area contributed by atoms with Crippen molar-refractivity contribution >= 4 is 36.9 Å². The quantitative estimate of drug-likeness (QED) is 0.189. The van der Waals surface area contributed by atoms with Gasteiger partial charge in [0.25, 0.3) is 0 Å². The van der Waals surface area contributed by atoms with Gasteiger partial charge in [0, 0.05) is 19.2 Å². The largest absolute Gasteiger partial charge is 0.496 e. The summed E-state index contributed by atoms with van der Waals surface area (Å²) < 4.78 is 16.4. The molecule has 236 valence electrons. The predicted molar refractivity (Wildman–Crippen MR) is 179 cm³/mol. The number of fused-ring (bicyclic) bond motifs is 1. The lowest BCUT2D eigenvalue weighted by atomic mass is 10.1. The van der Waals surface area contributed by atoms with Gasteiger partial charge in [-0.2, -0.15) is 15.1 Å². The van der Waals surface area contributed by atoms with Crippen LogP contribution in [-0.2, 0) is 11.0 Å². The lowest BCUT2D eigenvalue weighted by molar-refractivity contribution is 0.263. The number of hydrogen-bond donors (Lipinski definition) is 1. The van der Waals surface area contributed by atoms with E-state index in [1.165, 1.54) is 12.8 Å². The van der Waals surface area contributed by atoms with Gasteiger partial charge in [-0.3, -0.25) is 0 Å². The minimum atomic E-state index is -1.88. The zero-order valence-corrected chi connectivity index (χ0v) is 28.9. The smallest absolute Gasteiger partial charge is 0.232 e. The topological polar surface area (TPSA) is 95.1 Å². The Bertz CT molecular complexity index is 1670. The Morgan fingerprint density at radius 2 is 1.84 bits per heavy atom. The molecule has 4 aromatic rings. The van der Waals surface area contributed by atoms with Crippen molar-refractivity contribution in [3.63, 3.8) is 0 Å². The summed E-state index contributed by atoms with van der Waals surface area (Å²) in [5, 5.41) is 9.61. The summed E-state index contributed by atoms with van der Waals surface area (Å²) in [6.07, 6.45) is 8.48. The molecule has 1 aliphatic carbocycles. The summed E-state index contributed by atoms with van der Waals surface area (Å²) in [4.78, 5) is 17.3. The van der Waals surface area contributed by atoms with Gasteiger partial charge in [-0.25, -0.2) is 9.67 Å². The van der Waals surface area contributed by atoms with Crippen LogP contribution in [0.3, 0.4) is 0 Å². The molecule has 1 aliphatic heterocycles. The van der Waals surface area contributed by atoms with Gasteiger partial charge in [-0.1, -0.05) is 20.8 Å². The number of aryl methyl sites for hydroxylation is 2. The molecule has 0 spiro atoms. The minimum absolute atomic E-state index is 0.169. The van der Waals surface area contributed by atoms with Crippen molar-refractivity contribution in [2.75, 3.05) is 30.5 Å². The highest BCUT2D eigenvalue weighted by Gasteiger charge is 2.39. The molecule has 44 heavy (non-hydrogen) atoms. The Balaban J connectivity index is 1.34.